The van der Waals surface area contributed by atoms with Gasteiger partial charge in [0.15, 0.2) is 0 Å². The molecule has 0 bridgehead atoms. The highest BCUT2D eigenvalue weighted by atomic mass is 15.0. The van der Waals surface area contributed by atoms with E-state index in [1.807, 2.05) is 24.8 Å². The zero-order valence-electron chi connectivity index (χ0n) is 30.5. The maximum Gasteiger partial charge on any atom is 0.0547 e. The molecule has 0 radical (unpaired) electrons. The van der Waals surface area contributed by atoms with Gasteiger partial charge in [0.2, 0.25) is 0 Å². The third-order valence-corrected chi connectivity index (χ3v) is 11.9. The van der Waals surface area contributed by atoms with Gasteiger partial charge in [0.25, 0.3) is 0 Å². The van der Waals surface area contributed by atoms with E-state index in [4.69, 9.17) is 0 Å². The molecule has 0 amide bonds. The van der Waals surface area contributed by atoms with Gasteiger partial charge in [-0.25, -0.2) is 0 Å². The Bertz CT molecular complexity index is 2960. The second-order valence-corrected chi connectivity index (χ2v) is 15.1. The van der Waals surface area contributed by atoms with E-state index in [0.717, 1.165) is 37.1 Å². The van der Waals surface area contributed by atoms with E-state index in [0.29, 0.717) is 0 Å². The molecule has 0 atom stereocenters. The molecule has 4 heterocycles. The maximum absolute atomic E-state index is 4.38. The number of hydrogen-bond acceptors (Lipinski definition) is 2. The van der Waals surface area contributed by atoms with Gasteiger partial charge in [0.1, 0.15) is 0 Å². The molecule has 0 aliphatic heterocycles. The lowest BCUT2D eigenvalue weighted by atomic mass is 9.83. The first kappa shape index (κ1) is 31.0. The first-order valence-electron chi connectivity index (χ1n) is 19.0. The highest BCUT2D eigenvalue weighted by Gasteiger charge is 2.26. The molecular formula is C50H38N4. The highest BCUT2D eigenvalue weighted by molar-refractivity contribution is 6.12. The third kappa shape index (κ3) is 4.83. The average Bonchev–Trinajstić information content (AvgIpc) is 3.71. The predicted molar refractivity (Wildman–Crippen MR) is 224 cm³/mol. The summed E-state index contributed by atoms with van der Waals surface area (Å²) in [4.78, 5) is 8.75. The maximum atomic E-state index is 4.38. The van der Waals surface area contributed by atoms with E-state index >= 15 is 0 Å². The van der Waals surface area contributed by atoms with E-state index < -0.39 is 0 Å². The summed E-state index contributed by atoms with van der Waals surface area (Å²) >= 11 is 0. The van der Waals surface area contributed by atoms with Gasteiger partial charge in [-0.2, -0.15) is 0 Å². The van der Waals surface area contributed by atoms with Crippen molar-refractivity contribution in [3.63, 3.8) is 0 Å². The Morgan fingerprint density at radius 1 is 0.444 bits per heavy atom. The van der Waals surface area contributed by atoms with Crippen LogP contribution in [0.1, 0.15) is 45.5 Å². The Balaban J connectivity index is 1.15. The molecule has 258 valence electrons. The van der Waals surface area contributed by atoms with Crippen LogP contribution in [0, 0.1) is 13.8 Å². The lowest BCUT2D eigenvalue weighted by Gasteiger charge is -2.21. The molecule has 0 saturated heterocycles. The number of hydrogen-bond donors (Lipinski definition) is 0. The largest absolute Gasteiger partial charge is 0.313 e. The second-order valence-electron chi connectivity index (χ2n) is 15.1. The van der Waals surface area contributed by atoms with Crippen LogP contribution in [0.25, 0.3) is 78.0 Å². The fourth-order valence-corrected chi connectivity index (χ4v) is 9.14. The summed E-state index contributed by atoms with van der Waals surface area (Å²) in [6, 6.07) is 43.3. The molecule has 0 saturated carbocycles. The van der Waals surface area contributed by atoms with Crippen molar-refractivity contribution in [2.45, 2.75) is 39.5 Å². The van der Waals surface area contributed by atoms with E-state index in [1.165, 1.54) is 99.6 Å². The van der Waals surface area contributed by atoms with Crippen LogP contribution in [0.15, 0.2) is 140 Å². The van der Waals surface area contributed by atoms with Crippen LogP contribution in [0.3, 0.4) is 0 Å². The SMILES string of the molecule is Cc1ccc(C2=Cc3c(n(-c4ccncc4)c4cc5c(cc34)CCc3cc4c6cc(-c7ccc(C)cc7)ccc6n(-c6ccncc6)c4cc3-5)CC2)cc1. The van der Waals surface area contributed by atoms with Gasteiger partial charge in [-0.05, 0) is 151 Å². The molecule has 2 aliphatic rings. The summed E-state index contributed by atoms with van der Waals surface area (Å²) in [6.07, 6.45) is 14.1. The number of benzene rings is 5. The van der Waals surface area contributed by atoms with Gasteiger partial charge in [-0.1, -0.05) is 65.7 Å². The topological polar surface area (TPSA) is 35.6 Å². The zero-order chi connectivity index (χ0) is 35.9. The second kappa shape index (κ2) is 12.0. The molecule has 4 nitrogen and oxygen atoms in total. The van der Waals surface area contributed by atoms with Crippen LogP contribution >= 0.6 is 0 Å². The average molecular weight is 695 g/mol. The quantitative estimate of drug-likeness (QED) is 0.184. The van der Waals surface area contributed by atoms with Crippen LogP contribution in [-0.2, 0) is 19.3 Å². The summed E-state index contributed by atoms with van der Waals surface area (Å²) in [5, 5.41) is 3.91. The monoisotopic (exact) mass is 694 g/mol. The number of pyridine rings is 2. The Hall–Kier alpha value is -6.52. The minimum absolute atomic E-state index is 0.991. The fraction of sp³-hybridized carbons (Fsp3) is 0.120. The summed E-state index contributed by atoms with van der Waals surface area (Å²) in [6.45, 7) is 4.30. The van der Waals surface area contributed by atoms with Gasteiger partial charge >= 0.3 is 0 Å². The van der Waals surface area contributed by atoms with Gasteiger partial charge < -0.3 is 9.13 Å². The van der Waals surface area contributed by atoms with Crippen molar-refractivity contribution in [3.05, 3.63) is 179 Å². The standard InChI is InChI=1S/C50H38N4/c1-31-3-7-33(8-4-31)35-13-15-47-43(25-35)45-27-37-11-12-38-28-46-44-26-36(34-9-5-32(2)6-10-34)14-16-48(44)54(40-19-23-52-24-20-40)50(46)30-42(38)41(37)29-49(45)53(47)39-17-21-51-22-18-39/h3-10,13,15,17-30H,11-12,14,16H2,1-2H3. The van der Waals surface area contributed by atoms with Crippen molar-refractivity contribution in [3.8, 4) is 33.6 Å². The fourth-order valence-electron chi connectivity index (χ4n) is 9.14. The van der Waals surface area contributed by atoms with Gasteiger partial charge in [0, 0.05) is 63.6 Å². The molecule has 0 spiro atoms. The van der Waals surface area contributed by atoms with Gasteiger partial charge in [-0.3, -0.25) is 9.97 Å². The smallest absolute Gasteiger partial charge is 0.0547 e. The molecule has 4 aromatic heterocycles. The van der Waals surface area contributed by atoms with Crippen LogP contribution < -0.4 is 0 Å². The molecule has 0 unspecified atom stereocenters. The van der Waals surface area contributed by atoms with Crippen LogP contribution in [-0.4, -0.2) is 19.1 Å². The van der Waals surface area contributed by atoms with E-state index in [2.05, 4.69) is 154 Å². The Morgan fingerprint density at radius 3 is 1.63 bits per heavy atom. The minimum Gasteiger partial charge on any atom is -0.313 e. The van der Waals surface area contributed by atoms with E-state index in [-0.39, 0.29) is 0 Å². The number of aromatic nitrogens is 4. The Labute approximate surface area is 314 Å². The minimum atomic E-state index is 0.991. The van der Waals surface area contributed by atoms with Gasteiger partial charge in [0.05, 0.1) is 16.6 Å². The van der Waals surface area contributed by atoms with E-state index in [1.54, 1.807) is 0 Å². The van der Waals surface area contributed by atoms with Crippen molar-refractivity contribution >= 4 is 44.4 Å². The first-order chi connectivity index (χ1) is 26.6. The normalized spacial score (nSPS) is 13.6. The molecule has 2 aliphatic carbocycles. The lowest BCUT2D eigenvalue weighted by molar-refractivity contribution is 0.896. The Kier molecular flexibility index (Phi) is 6.90. The van der Waals surface area contributed by atoms with Crippen LogP contribution in [0.2, 0.25) is 0 Å². The third-order valence-electron chi connectivity index (χ3n) is 11.9. The predicted octanol–water partition coefficient (Wildman–Crippen LogP) is 12.1. The number of allylic oxidation sites excluding steroid dienone is 1. The van der Waals surface area contributed by atoms with Crippen molar-refractivity contribution in [1.82, 2.24) is 19.1 Å². The van der Waals surface area contributed by atoms with Crippen molar-refractivity contribution < 1.29 is 0 Å². The molecule has 0 fully saturated rings. The number of rotatable bonds is 4. The summed E-state index contributed by atoms with van der Waals surface area (Å²) in [7, 11) is 0. The molecule has 54 heavy (non-hydrogen) atoms. The van der Waals surface area contributed by atoms with E-state index in [9.17, 15) is 0 Å². The summed E-state index contributed by atoms with van der Waals surface area (Å²) < 4.78 is 4.93. The summed E-state index contributed by atoms with van der Waals surface area (Å²) in [5.41, 5.74) is 22.0. The van der Waals surface area contributed by atoms with Crippen LogP contribution in [0.4, 0.5) is 0 Å². The zero-order valence-corrected chi connectivity index (χ0v) is 30.5. The lowest BCUT2D eigenvalue weighted by Crippen LogP contribution is -2.06. The first-order valence-corrected chi connectivity index (χ1v) is 19.0. The molecule has 9 aromatic rings. The number of nitrogens with zero attached hydrogens (tertiary/aromatic N) is 4. The molecule has 11 rings (SSSR count). The highest BCUT2D eigenvalue weighted by Crippen LogP contribution is 2.45. The number of fused-ring (bicyclic) bond motifs is 9. The molecule has 0 N–H and O–H groups in total. The molecule has 5 aromatic carbocycles. The number of aryl methyl sites for hydroxylation is 4. The summed E-state index contributed by atoms with van der Waals surface area (Å²) in [5.74, 6) is 0. The van der Waals surface area contributed by atoms with Crippen molar-refractivity contribution in [2.75, 3.05) is 0 Å². The Morgan fingerprint density at radius 2 is 0.981 bits per heavy atom. The molecule has 4 heteroatoms. The van der Waals surface area contributed by atoms with Crippen molar-refractivity contribution in [2.24, 2.45) is 0 Å². The molecular weight excluding hydrogens is 657 g/mol. The van der Waals surface area contributed by atoms with Crippen molar-refractivity contribution in [1.29, 1.82) is 0 Å². The van der Waals surface area contributed by atoms with Gasteiger partial charge in [-0.15, -0.1) is 0 Å². The van der Waals surface area contributed by atoms with Crippen LogP contribution in [0.5, 0.6) is 0 Å².